The molecule has 0 radical (unpaired) electrons. The van der Waals surface area contributed by atoms with Gasteiger partial charge in [-0.05, 0) is 30.2 Å². The van der Waals surface area contributed by atoms with E-state index >= 15 is 0 Å². The number of piperidine rings is 1. The molecular formula is C17H20FN3O3S2. The van der Waals surface area contributed by atoms with Gasteiger partial charge in [-0.3, -0.25) is 0 Å². The minimum Gasteiger partial charge on any atom is -0.493 e. The third kappa shape index (κ3) is 3.47. The number of H-pyrrole nitrogens is 1. The standard InChI is InChI=1S/C17H20FN3O3S2/c18-15-10-21(7-3-13(15)11-25-17-19-5-6-20-17)26(22,23)14-1-2-16-12(9-14)4-8-24-16/h1-2,5-6,9,13,15H,3-4,7-8,10-11H2,(H,19,20)/t13-,15+/m1/s1. The molecule has 26 heavy (non-hydrogen) atoms. The number of hydrogen-bond acceptors (Lipinski definition) is 5. The highest BCUT2D eigenvalue weighted by molar-refractivity contribution is 7.99. The van der Waals surface area contributed by atoms with Crippen LogP contribution in [-0.2, 0) is 16.4 Å². The predicted octanol–water partition coefficient (Wildman–Crippen LogP) is 2.49. The first kappa shape index (κ1) is 17.8. The van der Waals surface area contributed by atoms with Gasteiger partial charge in [0.05, 0.1) is 11.5 Å². The number of sulfonamides is 1. The smallest absolute Gasteiger partial charge is 0.243 e. The summed E-state index contributed by atoms with van der Waals surface area (Å²) in [6, 6.07) is 4.89. The minimum absolute atomic E-state index is 0.0979. The van der Waals surface area contributed by atoms with E-state index in [0.29, 0.717) is 31.7 Å². The fourth-order valence-corrected chi connectivity index (χ4v) is 5.87. The van der Waals surface area contributed by atoms with Crippen LogP contribution in [0.25, 0.3) is 0 Å². The Bertz CT molecular complexity index is 873. The van der Waals surface area contributed by atoms with Gasteiger partial charge in [0.25, 0.3) is 0 Å². The number of fused-ring (bicyclic) bond motifs is 1. The van der Waals surface area contributed by atoms with Crippen molar-refractivity contribution >= 4 is 21.8 Å². The summed E-state index contributed by atoms with van der Waals surface area (Å²) in [4.78, 5) is 7.32. The van der Waals surface area contributed by atoms with Crippen molar-refractivity contribution < 1.29 is 17.5 Å². The van der Waals surface area contributed by atoms with Gasteiger partial charge >= 0.3 is 0 Å². The van der Waals surface area contributed by atoms with Gasteiger partial charge in [0.15, 0.2) is 5.16 Å². The summed E-state index contributed by atoms with van der Waals surface area (Å²) in [5.74, 6) is 1.14. The van der Waals surface area contributed by atoms with Gasteiger partial charge in [-0.25, -0.2) is 17.8 Å². The summed E-state index contributed by atoms with van der Waals surface area (Å²) in [6.45, 7) is 0.809. The van der Waals surface area contributed by atoms with Crippen LogP contribution < -0.4 is 4.74 Å². The maximum atomic E-state index is 14.6. The highest BCUT2D eigenvalue weighted by atomic mass is 32.2. The summed E-state index contributed by atoms with van der Waals surface area (Å²) in [5.41, 5.74) is 0.896. The zero-order valence-corrected chi connectivity index (χ0v) is 15.7. The molecule has 3 heterocycles. The maximum absolute atomic E-state index is 14.6. The lowest BCUT2D eigenvalue weighted by molar-refractivity contribution is 0.146. The number of imidazole rings is 1. The zero-order valence-electron chi connectivity index (χ0n) is 14.1. The lowest BCUT2D eigenvalue weighted by Crippen LogP contribution is -2.45. The molecule has 0 saturated carbocycles. The second kappa shape index (κ2) is 7.21. The van der Waals surface area contributed by atoms with Crippen molar-refractivity contribution in [3.05, 3.63) is 36.2 Å². The molecule has 1 saturated heterocycles. The third-order valence-corrected chi connectivity index (χ3v) is 7.80. The molecule has 0 amide bonds. The summed E-state index contributed by atoms with van der Waals surface area (Å²) in [5, 5.41) is 0.757. The van der Waals surface area contributed by atoms with E-state index in [1.165, 1.54) is 16.1 Å². The van der Waals surface area contributed by atoms with E-state index < -0.39 is 16.2 Å². The topological polar surface area (TPSA) is 75.3 Å². The number of halogens is 1. The summed E-state index contributed by atoms with van der Waals surface area (Å²) in [7, 11) is -3.69. The number of nitrogens with zero attached hydrogens (tertiary/aromatic N) is 2. The number of thioether (sulfide) groups is 1. The lowest BCUT2D eigenvalue weighted by Gasteiger charge is -2.33. The van der Waals surface area contributed by atoms with E-state index in [4.69, 9.17) is 4.74 Å². The van der Waals surface area contributed by atoms with Gasteiger partial charge in [0, 0.05) is 43.6 Å². The molecular weight excluding hydrogens is 377 g/mol. The second-order valence-corrected chi connectivity index (χ2v) is 9.45. The van der Waals surface area contributed by atoms with E-state index in [1.807, 2.05) is 0 Å². The number of aromatic nitrogens is 2. The quantitative estimate of drug-likeness (QED) is 0.785. The number of alkyl halides is 1. The van der Waals surface area contributed by atoms with Crippen molar-refractivity contribution in [2.45, 2.75) is 29.1 Å². The Morgan fingerprint density at radius 3 is 3.08 bits per heavy atom. The Morgan fingerprint density at radius 1 is 1.42 bits per heavy atom. The van der Waals surface area contributed by atoms with Crippen LogP contribution >= 0.6 is 11.8 Å². The SMILES string of the molecule is O=S(=O)(c1ccc2c(c1)CCO2)N1CC[C@H](CSc2ncc[nH]2)[C@@H](F)C1. The number of hydrogen-bond donors (Lipinski definition) is 1. The van der Waals surface area contributed by atoms with Crippen LogP contribution in [0.4, 0.5) is 4.39 Å². The fraction of sp³-hybridized carbons (Fsp3) is 0.471. The van der Waals surface area contributed by atoms with E-state index in [0.717, 1.165) is 16.5 Å². The molecule has 0 aliphatic carbocycles. The van der Waals surface area contributed by atoms with Gasteiger partial charge in [-0.1, -0.05) is 11.8 Å². The zero-order chi connectivity index (χ0) is 18.1. The number of rotatable bonds is 5. The van der Waals surface area contributed by atoms with E-state index in [2.05, 4.69) is 9.97 Å². The number of ether oxygens (including phenoxy) is 1. The molecule has 2 aromatic rings. The van der Waals surface area contributed by atoms with Crippen LogP contribution in [0.15, 0.2) is 40.6 Å². The molecule has 2 aliphatic heterocycles. The molecule has 6 nitrogen and oxygen atoms in total. The first-order valence-corrected chi connectivity index (χ1v) is 11.0. The van der Waals surface area contributed by atoms with Gasteiger partial charge < -0.3 is 9.72 Å². The fourth-order valence-electron chi connectivity index (χ4n) is 3.32. The molecule has 2 aliphatic rings. The Labute approximate surface area is 156 Å². The van der Waals surface area contributed by atoms with Crippen molar-refractivity contribution in [1.82, 2.24) is 14.3 Å². The van der Waals surface area contributed by atoms with Gasteiger partial charge in [0.1, 0.15) is 11.9 Å². The number of nitrogens with one attached hydrogen (secondary N) is 1. The van der Waals surface area contributed by atoms with Crippen LogP contribution in [0.1, 0.15) is 12.0 Å². The molecule has 0 spiro atoms. The molecule has 9 heteroatoms. The predicted molar refractivity (Wildman–Crippen MR) is 96.7 cm³/mol. The minimum atomic E-state index is -3.69. The Morgan fingerprint density at radius 2 is 2.31 bits per heavy atom. The van der Waals surface area contributed by atoms with Crippen molar-refractivity contribution in [1.29, 1.82) is 0 Å². The summed E-state index contributed by atoms with van der Waals surface area (Å²) in [6.07, 6.45) is 3.41. The lowest BCUT2D eigenvalue weighted by atomic mass is 9.98. The average Bonchev–Trinajstić information content (AvgIpc) is 3.31. The largest absolute Gasteiger partial charge is 0.493 e. The van der Waals surface area contributed by atoms with Crippen LogP contribution in [0.5, 0.6) is 5.75 Å². The normalized spacial score (nSPS) is 23.6. The van der Waals surface area contributed by atoms with E-state index in [1.54, 1.807) is 30.6 Å². The molecule has 1 N–H and O–H groups in total. The summed E-state index contributed by atoms with van der Waals surface area (Å²) >= 11 is 1.47. The molecule has 1 aromatic carbocycles. The molecule has 2 atom stereocenters. The van der Waals surface area contributed by atoms with E-state index in [-0.39, 0.29) is 17.4 Å². The highest BCUT2D eigenvalue weighted by Gasteiger charge is 2.36. The molecule has 0 bridgehead atoms. The first-order valence-electron chi connectivity index (χ1n) is 8.56. The Hall–Kier alpha value is -1.58. The number of aromatic amines is 1. The maximum Gasteiger partial charge on any atom is 0.243 e. The average molecular weight is 397 g/mol. The Kier molecular flexibility index (Phi) is 4.94. The summed E-state index contributed by atoms with van der Waals surface area (Å²) < 4.78 is 47.1. The monoisotopic (exact) mass is 397 g/mol. The van der Waals surface area contributed by atoms with Crippen LogP contribution in [0.3, 0.4) is 0 Å². The van der Waals surface area contributed by atoms with Crippen LogP contribution in [0.2, 0.25) is 0 Å². The van der Waals surface area contributed by atoms with Crippen molar-refractivity contribution in [2.75, 3.05) is 25.4 Å². The van der Waals surface area contributed by atoms with Crippen LogP contribution in [-0.4, -0.2) is 54.3 Å². The molecule has 140 valence electrons. The van der Waals surface area contributed by atoms with Gasteiger partial charge in [-0.2, -0.15) is 4.31 Å². The third-order valence-electron chi connectivity index (χ3n) is 4.84. The molecule has 0 unspecified atom stereocenters. The van der Waals surface area contributed by atoms with Crippen molar-refractivity contribution in [3.8, 4) is 5.75 Å². The molecule has 4 rings (SSSR count). The number of benzene rings is 1. The highest BCUT2D eigenvalue weighted by Crippen LogP contribution is 2.32. The second-order valence-electron chi connectivity index (χ2n) is 6.50. The van der Waals surface area contributed by atoms with Gasteiger partial charge in [0.2, 0.25) is 10.0 Å². The molecule has 1 fully saturated rings. The Balaban J connectivity index is 1.42. The van der Waals surface area contributed by atoms with Crippen molar-refractivity contribution in [3.63, 3.8) is 0 Å². The van der Waals surface area contributed by atoms with Crippen LogP contribution in [0, 0.1) is 5.92 Å². The molecule has 1 aromatic heterocycles. The van der Waals surface area contributed by atoms with Crippen molar-refractivity contribution in [2.24, 2.45) is 5.92 Å². The van der Waals surface area contributed by atoms with E-state index in [9.17, 15) is 12.8 Å². The van der Waals surface area contributed by atoms with Gasteiger partial charge in [-0.15, -0.1) is 0 Å². The first-order chi connectivity index (χ1) is 12.5.